The summed E-state index contributed by atoms with van der Waals surface area (Å²) >= 11 is 0. The van der Waals surface area contributed by atoms with Crippen LogP contribution in [0.4, 0.5) is 0 Å². The third kappa shape index (κ3) is 2.00. The second-order valence-corrected chi connectivity index (χ2v) is 6.53. The zero-order valence-electron chi connectivity index (χ0n) is 11.4. The van der Waals surface area contributed by atoms with Crippen LogP contribution in [0, 0.1) is 5.41 Å². The highest BCUT2D eigenvalue weighted by Gasteiger charge is 2.57. The van der Waals surface area contributed by atoms with E-state index < -0.39 is 5.60 Å². The monoisotopic (exact) mass is 253 g/mol. The zero-order valence-corrected chi connectivity index (χ0v) is 11.4. The van der Waals surface area contributed by atoms with Gasteiger partial charge in [0.1, 0.15) is 0 Å². The van der Waals surface area contributed by atoms with E-state index in [-0.39, 0.29) is 5.41 Å². The quantitative estimate of drug-likeness (QED) is 0.753. The van der Waals surface area contributed by atoms with Crippen molar-refractivity contribution in [3.8, 4) is 0 Å². The molecule has 104 valence electrons. The summed E-state index contributed by atoms with van der Waals surface area (Å²) in [4.78, 5) is 0. The normalized spacial score (nSPS) is 40.8. The number of aliphatic hydroxyl groups is 1. The number of ether oxygens (including phenoxy) is 1. The van der Waals surface area contributed by atoms with E-state index in [2.05, 4.69) is 5.32 Å². The van der Waals surface area contributed by atoms with E-state index in [1.54, 1.807) is 0 Å². The molecule has 3 aliphatic rings. The molecule has 0 aromatic rings. The first-order valence-electron chi connectivity index (χ1n) is 7.80. The largest absolute Gasteiger partial charge is 0.388 e. The zero-order chi connectivity index (χ0) is 12.5. The number of nitrogens with one attached hydrogen (secondary N) is 1. The maximum atomic E-state index is 11.4. The van der Waals surface area contributed by atoms with Gasteiger partial charge < -0.3 is 15.2 Å². The summed E-state index contributed by atoms with van der Waals surface area (Å²) in [7, 11) is 0. The average molecular weight is 253 g/mol. The van der Waals surface area contributed by atoms with Crippen LogP contribution >= 0.6 is 0 Å². The van der Waals surface area contributed by atoms with Crippen LogP contribution in [0.25, 0.3) is 0 Å². The maximum Gasteiger partial charge on any atom is 0.0857 e. The molecule has 1 saturated carbocycles. The van der Waals surface area contributed by atoms with Gasteiger partial charge in [-0.15, -0.1) is 0 Å². The summed E-state index contributed by atoms with van der Waals surface area (Å²) in [6.45, 7) is 2.77. The molecule has 0 aromatic heterocycles. The van der Waals surface area contributed by atoms with E-state index in [0.717, 1.165) is 45.4 Å². The second kappa shape index (κ2) is 5.10. The second-order valence-electron chi connectivity index (χ2n) is 6.53. The van der Waals surface area contributed by atoms with Gasteiger partial charge >= 0.3 is 0 Å². The smallest absolute Gasteiger partial charge is 0.0857 e. The molecule has 2 atom stereocenters. The molecule has 0 bridgehead atoms. The molecule has 1 aliphatic carbocycles. The fourth-order valence-electron chi connectivity index (χ4n) is 4.60. The van der Waals surface area contributed by atoms with Crippen molar-refractivity contribution in [1.29, 1.82) is 0 Å². The van der Waals surface area contributed by atoms with Gasteiger partial charge in [0.05, 0.1) is 5.60 Å². The van der Waals surface area contributed by atoms with Crippen LogP contribution < -0.4 is 5.32 Å². The minimum Gasteiger partial charge on any atom is -0.388 e. The Morgan fingerprint density at radius 2 is 1.78 bits per heavy atom. The summed E-state index contributed by atoms with van der Waals surface area (Å²) in [6, 6.07) is 0.320. The Hall–Kier alpha value is -0.120. The molecule has 2 unspecified atom stereocenters. The molecule has 1 spiro atoms. The van der Waals surface area contributed by atoms with Gasteiger partial charge in [0.15, 0.2) is 0 Å². The first-order chi connectivity index (χ1) is 8.77. The molecule has 2 saturated heterocycles. The Morgan fingerprint density at radius 1 is 0.944 bits per heavy atom. The van der Waals surface area contributed by atoms with Crippen molar-refractivity contribution < 1.29 is 9.84 Å². The van der Waals surface area contributed by atoms with Gasteiger partial charge in [-0.3, -0.25) is 0 Å². The van der Waals surface area contributed by atoms with Gasteiger partial charge in [-0.1, -0.05) is 12.8 Å². The molecule has 3 heteroatoms. The van der Waals surface area contributed by atoms with Crippen molar-refractivity contribution >= 4 is 0 Å². The van der Waals surface area contributed by atoms with Crippen LogP contribution in [0.2, 0.25) is 0 Å². The molecule has 0 radical (unpaired) electrons. The number of rotatable bonds is 1. The Balaban J connectivity index is 1.81. The number of hydrogen-bond donors (Lipinski definition) is 2. The standard InChI is InChI=1S/C15H27NO2/c17-15(13-5-2-1-3-10-16-13)7-4-6-14(15)8-11-18-12-9-14/h13,16-17H,1-12H2. The molecular formula is C15H27NO2. The van der Waals surface area contributed by atoms with Crippen LogP contribution in [0.1, 0.15) is 57.8 Å². The lowest BCUT2D eigenvalue weighted by atomic mass is 9.65. The van der Waals surface area contributed by atoms with Crippen molar-refractivity contribution in [2.75, 3.05) is 19.8 Å². The van der Waals surface area contributed by atoms with E-state index in [1.165, 1.54) is 32.1 Å². The summed E-state index contributed by atoms with van der Waals surface area (Å²) in [5.41, 5.74) is -0.325. The van der Waals surface area contributed by atoms with E-state index in [0.29, 0.717) is 6.04 Å². The number of hydrogen-bond acceptors (Lipinski definition) is 3. The fraction of sp³-hybridized carbons (Fsp3) is 1.00. The van der Waals surface area contributed by atoms with Crippen LogP contribution in [-0.4, -0.2) is 36.5 Å². The molecule has 3 nitrogen and oxygen atoms in total. The average Bonchev–Trinajstić information content (AvgIpc) is 2.63. The molecule has 0 amide bonds. The third-order valence-corrected chi connectivity index (χ3v) is 5.72. The summed E-state index contributed by atoms with van der Waals surface area (Å²) in [6.07, 6.45) is 10.5. The Bertz CT molecular complexity index is 280. The van der Waals surface area contributed by atoms with Crippen LogP contribution in [0.3, 0.4) is 0 Å². The highest BCUT2D eigenvalue weighted by molar-refractivity contribution is 5.10. The van der Waals surface area contributed by atoms with Gasteiger partial charge in [-0.2, -0.15) is 0 Å². The molecule has 18 heavy (non-hydrogen) atoms. The topological polar surface area (TPSA) is 41.5 Å². The van der Waals surface area contributed by atoms with Gasteiger partial charge in [0.25, 0.3) is 0 Å². The van der Waals surface area contributed by atoms with Crippen molar-refractivity contribution in [3.63, 3.8) is 0 Å². The SMILES string of the molecule is OC1(C2CCCCCN2)CCCC12CCOCC2. The molecule has 2 aliphatic heterocycles. The van der Waals surface area contributed by atoms with Crippen molar-refractivity contribution in [1.82, 2.24) is 5.32 Å². The summed E-state index contributed by atoms with van der Waals surface area (Å²) < 4.78 is 5.53. The highest BCUT2D eigenvalue weighted by atomic mass is 16.5. The molecule has 3 rings (SSSR count). The first-order valence-corrected chi connectivity index (χ1v) is 7.80. The van der Waals surface area contributed by atoms with E-state index in [9.17, 15) is 5.11 Å². The predicted molar refractivity (Wildman–Crippen MR) is 71.5 cm³/mol. The Morgan fingerprint density at radius 3 is 2.61 bits per heavy atom. The van der Waals surface area contributed by atoms with Gasteiger partial charge in [0, 0.05) is 24.7 Å². The predicted octanol–water partition coefficient (Wildman–Crippen LogP) is 2.23. The van der Waals surface area contributed by atoms with Crippen molar-refractivity contribution in [2.24, 2.45) is 5.41 Å². The Labute approximate surface area is 110 Å². The molecule has 2 N–H and O–H groups in total. The van der Waals surface area contributed by atoms with Gasteiger partial charge in [-0.25, -0.2) is 0 Å². The van der Waals surface area contributed by atoms with E-state index in [4.69, 9.17) is 4.74 Å². The van der Waals surface area contributed by atoms with Gasteiger partial charge in [-0.05, 0) is 51.5 Å². The molecule has 0 aromatic carbocycles. The molecule has 3 fully saturated rings. The lowest BCUT2D eigenvalue weighted by Crippen LogP contribution is -2.59. The molecule has 2 heterocycles. The summed E-state index contributed by atoms with van der Waals surface area (Å²) in [5, 5.41) is 15.0. The lowest BCUT2D eigenvalue weighted by Gasteiger charge is -2.49. The van der Waals surface area contributed by atoms with Crippen molar-refractivity contribution in [3.05, 3.63) is 0 Å². The van der Waals surface area contributed by atoms with E-state index in [1.807, 2.05) is 0 Å². The Kier molecular flexibility index (Phi) is 3.65. The van der Waals surface area contributed by atoms with Gasteiger partial charge in [0.2, 0.25) is 0 Å². The fourth-order valence-corrected chi connectivity index (χ4v) is 4.60. The van der Waals surface area contributed by atoms with Crippen LogP contribution in [0.5, 0.6) is 0 Å². The minimum absolute atomic E-state index is 0.146. The minimum atomic E-state index is -0.471. The first kappa shape index (κ1) is 12.9. The lowest BCUT2D eigenvalue weighted by molar-refractivity contribution is -0.132. The maximum absolute atomic E-state index is 11.4. The third-order valence-electron chi connectivity index (χ3n) is 5.72. The van der Waals surface area contributed by atoms with Crippen molar-refractivity contribution in [2.45, 2.75) is 69.4 Å². The van der Waals surface area contributed by atoms with Crippen LogP contribution in [0.15, 0.2) is 0 Å². The van der Waals surface area contributed by atoms with E-state index >= 15 is 0 Å². The molecular weight excluding hydrogens is 226 g/mol. The summed E-state index contributed by atoms with van der Waals surface area (Å²) in [5.74, 6) is 0. The highest BCUT2D eigenvalue weighted by Crippen LogP contribution is 2.55. The van der Waals surface area contributed by atoms with Crippen LogP contribution in [-0.2, 0) is 4.74 Å².